The van der Waals surface area contributed by atoms with Crippen LogP contribution < -0.4 is 5.73 Å². The average molecular weight is 308 g/mol. The van der Waals surface area contributed by atoms with Crippen LogP contribution >= 0.6 is 15.9 Å². The molecule has 1 heterocycles. The summed E-state index contributed by atoms with van der Waals surface area (Å²) in [5.41, 5.74) is 8.48. The Hall–Kier alpha value is -1.13. The highest BCUT2D eigenvalue weighted by Gasteiger charge is 2.10. The minimum atomic E-state index is 0.203. The van der Waals surface area contributed by atoms with Gasteiger partial charge in [0, 0.05) is 22.9 Å². The third-order valence-electron chi connectivity index (χ3n) is 3.14. The quantitative estimate of drug-likeness (QED) is 0.942. The Morgan fingerprint density at radius 1 is 1.44 bits per heavy atom. The maximum atomic E-state index is 6.07. The summed E-state index contributed by atoms with van der Waals surface area (Å²) in [6, 6.07) is 6.52. The van der Waals surface area contributed by atoms with Crippen LogP contribution in [0.2, 0.25) is 0 Å². The molecule has 0 aliphatic heterocycles. The van der Waals surface area contributed by atoms with Crippen molar-refractivity contribution in [3.8, 4) is 5.69 Å². The zero-order chi connectivity index (χ0) is 13.1. The SMILES string of the molecule is CCC(N)Cc1ccc(Br)cc1-n1ccnc1C. The van der Waals surface area contributed by atoms with E-state index in [4.69, 9.17) is 5.73 Å². The number of hydrogen-bond acceptors (Lipinski definition) is 2. The fourth-order valence-electron chi connectivity index (χ4n) is 1.99. The molecule has 96 valence electrons. The van der Waals surface area contributed by atoms with Gasteiger partial charge in [0.2, 0.25) is 0 Å². The summed E-state index contributed by atoms with van der Waals surface area (Å²) in [4.78, 5) is 4.28. The van der Waals surface area contributed by atoms with Crippen LogP contribution in [-0.4, -0.2) is 15.6 Å². The Morgan fingerprint density at radius 3 is 2.83 bits per heavy atom. The molecule has 0 saturated heterocycles. The molecule has 0 saturated carbocycles. The van der Waals surface area contributed by atoms with E-state index in [0.717, 1.165) is 28.8 Å². The summed E-state index contributed by atoms with van der Waals surface area (Å²) in [5, 5.41) is 0. The number of hydrogen-bond donors (Lipinski definition) is 1. The number of nitrogens with two attached hydrogens (primary N) is 1. The number of aromatic nitrogens is 2. The molecule has 1 unspecified atom stereocenters. The van der Waals surface area contributed by atoms with Gasteiger partial charge >= 0.3 is 0 Å². The Labute approximate surface area is 116 Å². The number of aryl methyl sites for hydroxylation is 1. The van der Waals surface area contributed by atoms with Crippen LogP contribution in [0.25, 0.3) is 5.69 Å². The Morgan fingerprint density at radius 2 is 2.22 bits per heavy atom. The maximum Gasteiger partial charge on any atom is 0.110 e. The zero-order valence-corrected chi connectivity index (χ0v) is 12.3. The standard InChI is InChI=1S/C14H18BrN3/c1-3-13(16)8-11-4-5-12(15)9-14(11)18-7-6-17-10(18)2/h4-7,9,13H,3,8,16H2,1-2H3. The third kappa shape index (κ3) is 2.82. The molecule has 0 bridgehead atoms. The lowest BCUT2D eigenvalue weighted by Crippen LogP contribution is -2.22. The Balaban J connectivity index is 2.44. The van der Waals surface area contributed by atoms with E-state index in [0.29, 0.717) is 0 Å². The lowest BCUT2D eigenvalue weighted by atomic mass is 10.0. The normalized spacial score (nSPS) is 12.7. The summed E-state index contributed by atoms with van der Waals surface area (Å²) in [7, 11) is 0. The summed E-state index contributed by atoms with van der Waals surface area (Å²) in [6.45, 7) is 4.12. The van der Waals surface area contributed by atoms with E-state index in [2.05, 4.69) is 50.6 Å². The Bertz CT molecular complexity index is 534. The second kappa shape index (κ2) is 5.67. The lowest BCUT2D eigenvalue weighted by Gasteiger charge is -2.15. The first-order valence-electron chi connectivity index (χ1n) is 6.16. The van der Waals surface area contributed by atoms with Crippen LogP contribution in [0.5, 0.6) is 0 Å². The van der Waals surface area contributed by atoms with Crippen LogP contribution in [0.15, 0.2) is 35.1 Å². The fraction of sp³-hybridized carbons (Fsp3) is 0.357. The van der Waals surface area contributed by atoms with Crippen LogP contribution in [0.4, 0.5) is 0 Å². The molecular formula is C14H18BrN3. The molecule has 0 spiro atoms. The topological polar surface area (TPSA) is 43.8 Å². The first-order chi connectivity index (χ1) is 8.61. The van der Waals surface area contributed by atoms with Crippen molar-refractivity contribution in [2.75, 3.05) is 0 Å². The summed E-state index contributed by atoms with van der Waals surface area (Å²) in [6.07, 6.45) is 5.67. The molecule has 1 aromatic carbocycles. The molecule has 2 N–H and O–H groups in total. The van der Waals surface area contributed by atoms with E-state index in [1.165, 1.54) is 5.56 Å². The predicted octanol–water partition coefficient (Wildman–Crippen LogP) is 3.22. The summed E-state index contributed by atoms with van der Waals surface area (Å²) >= 11 is 3.52. The van der Waals surface area contributed by atoms with Crippen LogP contribution in [0.1, 0.15) is 24.7 Å². The average Bonchev–Trinajstić information content (AvgIpc) is 2.77. The van der Waals surface area contributed by atoms with Crippen molar-refractivity contribution in [3.05, 3.63) is 46.5 Å². The number of halogens is 1. The zero-order valence-electron chi connectivity index (χ0n) is 10.7. The van der Waals surface area contributed by atoms with E-state index < -0.39 is 0 Å². The van der Waals surface area contributed by atoms with E-state index in [9.17, 15) is 0 Å². The van der Waals surface area contributed by atoms with Gasteiger partial charge in [-0.1, -0.05) is 28.9 Å². The highest BCUT2D eigenvalue weighted by atomic mass is 79.9. The second-order valence-electron chi connectivity index (χ2n) is 4.49. The van der Waals surface area contributed by atoms with Crippen molar-refractivity contribution < 1.29 is 0 Å². The number of benzene rings is 1. The van der Waals surface area contributed by atoms with E-state index in [-0.39, 0.29) is 6.04 Å². The van der Waals surface area contributed by atoms with Crippen molar-refractivity contribution in [1.29, 1.82) is 0 Å². The number of nitrogens with zero attached hydrogens (tertiary/aromatic N) is 2. The molecule has 3 nitrogen and oxygen atoms in total. The largest absolute Gasteiger partial charge is 0.327 e. The third-order valence-corrected chi connectivity index (χ3v) is 3.63. The first-order valence-corrected chi connectivity index (χ1v) is 6.95. The molecular weight excluding hydrogens is 290 g/mol. The van der Waals surface area contributed by atoms with Crippen LogP contribution in [0.3, 0.4) is 0 Å². The van der Waals surface area contributed by atoms with Crippen LogP contribution in [-0.2, 0) is 6.42 Å². The summed E-state index contributed by atoms with van der Waals surface area (Å²) in [5.74, 6) is 0.986. The maximum absolute atomic E-state index is 6.07. The van der Waals surface area contributed by atoms with Crippen molar-refractivity contribution in [1.82, 2.24) is 9.55 Å². The molecule has 18 heavy (non-hydrogen) atoms. The molecule has 1 atom stereocenters. The molecule has 0 fully saturated rings. The fourth-order valence-corrected chi connectivity index (χ4v) is 2.34. The van der Waals surface area contributed by atoms with Gasteiger partial charge in [0.15, 0.2) is 0 Å². The lowest BCUT2D eigenvalue weighted by molar-refractivity contribution is 0.644. The van der Waals surface area contributed by atoms with Gasteiger partial charge < -0.3 is 10.3 Å². The highest BCUT2D eigenvalue weighted by molar-refractivity contribution is 9.10. The molecule has 0 amide bonds. The van der Waals surface area contributed by atoms with Gasteiger partial charge in [0.25, 0.3) is 0 Å². The molecule has 0 radical (unpaired) electrons. The number of imidazole rings is 1. The molecule has 2 aromatic rings. The predicted molar refractivity (Wildman–Crippen MR) is 78.0 cm³/mol. The second-order valence-corrected chi connectivity index (χ2v) is 5.41. The van der Waals surface area contributed by atoms with Gasteiger partial charge in [0.05, 0.1) is 5.69 Å². The van der Waals surface area contributed by atoms with Crippen molar-refractivity contribution in [2.45, 2.75) is 32.7 Å². The molecule has 1 aromatic heterocycles. The van der Waals surface area contributed by atoms with Gasteiger partial charge in [-0.25, -0.2) is 4.98 Å². The van der Waals surface area contributed by atoms with E-state index in [1.807, 2.05) is 19.3 Å². The summed E-state index contributed by atoms with van der Waals surface area (Å²) < 4.78 is 3.17. The van der Waals surface area contributed by atoms with Gasteiger partial charge in [0.1, 0.15) is 5.82 Å². The van der Waals surface area contributed by atoms with E-state index >= 15 is 0 Å². The van der Waals surface area contributed by atoms with Gasteiger partial charge in [-0.2, -0.15) is 0 Å². The minimum absolute atomic E-state index is 0.203. The van der Waals surface area contributed by atoms with Gasteiger partial charge in [-0.3, -0.25) is 0 Å². The van der Waals surface area contributed by atoms with Gasteiger partial charge in [-0.15, -0.1) is 0 Å². The molecule has 2 rings (SSSR count). The van der Waals surface area contributed by atoms with Crippen LogP contribution in [0, 0.1) is 6.92 Å². The van der Waals surface area contributed by atoms with Crippen molar-refractivity contribution in [2.24, 2.45) is 5.73 Å². The van der Waals surface area contributed by atoms with Crippen molar-refractivity contribution >= 4 is 15.9 Å². The molecule has 4 heteroatoms. The molecule has 0 aliphatic rings. The highest BCUT2D eigenvalue weighted by Crippen LogP contribution is 2.23. The minimum Gasteiger partial charge on any atom is -0.327 e. The first kappa shape index (κ1) is 13.3. The monoisotopic (exact) mass is 307 g/mol. The van der Waals surface area contributed by atoms with Crippen molar-refractivity contribution in [3.63, 3.8) is 0 Å². The number of rotatable bonds is 4. The smallest absolute Gasteiger partial charge is 0.110 e. The Kier molecular flexibility index (Phi) is 4.19. The van der Waals surface area contributed by atoms with Gasteiger partial charge in [-0.05, 0) is 37.5 Å². The molecule has 0 aliphatic carbocycles. The van der Waals surface area contributed by atoms with E-state index in [1.54, 1.807) is 0 Å².